The Kier molecular flexibility index (Phi) is 4.58. The molecule has 2 aromatic heterocycles. The van der Waals surface area contributed by atoms with Gasteiger partial charge in [-0.1, -0.05) is 6.07 Å². The summed E-state index contributed by atoms with van der Waals surface area (Å²) < 4.78 is 7.33. The molecule has 0 aliphatic carbocycles. The van der Waals surface area contributed by atoms with E-state index in [2.05, 4.69) is 10.3 Å². The molecule has 2 amide bonds. The van der Waals surface area contributed by atoms with Crippen molar-refractivity contribution < 1.29 is 9.53 Å². The number of imidazole rings is 1. The molecule has 1 aliphatic heterocycles. The van der Waals surface area contributed by atoms with Crippen LogP contribution < -0.4 is 5.32 Å². The summed E-state index contributed by atoms with van der Waals surface area (Å²) in [4.78, 5) is 18.6. The molecule has 2 aromatic rings. The molecule has 0 saturated carbocycles. The van der Waals surface area contributed by atoms with Gasteiger partial charge < -0.3 is 19.4 Å². The van der Waals surface area contributed by atoms with E-state index >= 15 is 0 Å². The fourth-order valence-corrected chi connectivity index (χ4v) is 2.74. The third-order valence-corrected chi connectivity index (χ3v) is 4.01. The first kappa shape index (κ1) is 14.8. The summed E-state index contributed by atoms with van der Waals surface area (Å²) in [6.07, 6.45) is 4.93. The van der Waals surface area contributed by atoms with Gasteiger partial charge in [0.05, 0.1) is 18.8 Å². The minimum Gasteiger partial charge on any atom is -0.381 e. The average molecular weight is 302 g/mol. The van der Waals surface area contributed by atoms with E-state index in [-0.39, 0.29) is 6.03 Å². The minimum absolute atomic E-state index is 0.0357. The molecule has 22 heavy (non-hydrogen) atoms. The number of nitrogens with zero attached hydrogens (tertiary/aromatic N) is 3. The maximum atomic E-state index is 12.3. The number of carbonyl (C=O) groups is 1. The van der Waals surface area contributed by atoms with Gasteiger partial charge in [0.1, 0.15) is 5.65 Å². The zero-order valence-corrected chi connectivity index (χ0v) is 12.9. The predicted octanol–water partition coefficient (Wildman–Crippen LogP) is 1.90. The molecular weight excluding hydrogens is 280 g/mol. The lowest BCUT2D eigenvalue weighted by Gasteiger charge is -2.23. The molecule has 1 saturated heterocycles. The quantitative estimate of drug-likeness (QED) is 0.918. The SMILES string of the molecule is CCN(C[C@H]1CCOC1)C(=O)NCc1cn2ccccc2n1. The van der Waals surface area contributed by atoms with Gasteiger partial charge in [0.25, 0.3) is 0 Å². The first-order valence-electron chi connectivity index (χ1n) is 7.79. The number of amides is 2. The van der Waals surface area contributed by atoms with Crippen LogP contribution in [-0.4, -0.2) is 46.6 Å². The number of hydrogen-bond acceptors (Lipinski definition) is 3. The van der Waals surface area contributed by atoms with Gasteiger partial charge in [0.15, 0.2) is 0 Å². The second kappa shape index (κ2) is 6.79. The highest BCUT2D eigenvalue weighted by molar-refractivity contribution is 5.74. The van der Waals surface area contributed by atoms with Crippen LogP contribution in [0, 0.1) is 5.92 Å². The molecule has 0 aromatic carbocycles. The number of pyridine rings is 1. The number of fused-ring (bicyclic) bond motifs is 1. The highest BCUT2D eigenvalue weighted by Crippen LogP contribution is 2.14. The smallest absolute Gasteiger partial charge is 0.317 e. The molecule has 6 nitrogen and oxygen atoms in total. The highest BCUT2D eigenvalue weighted by atomic mass is 16.5. The van der Waals surface area contributed by atoms with Crippen molar-refractivity contribution in [1.29, 1.82) is 0 Å². The van der Waals surface area contributed by atoms with Crippen molar-refractivity contribution in [2.75, 3.05) is 26.3 Å². The van der Waals surface area contributed by atoms with Crippen molar-refractivity contribution >= 4 is 11.7 Å². The van der Waals surface area contributed by atoms with E-state index < -0.39 is 0 Å². The molecule has 118 valence electrons. The van der Waals surface area contributed by atoms with Crippen LogP contribution in [-0.2, 0) is 11.3 Å². The van der Waals surface area contributed by atoms with Crippen LogP contribution in [0.5, 0.6) is 0 Å². The summed E-state index contributed by atoms with van der Waals surface area (Å²) in [7, 11) is 0. The Bertz CT molecular complexity index is 601. The van der Waals surface area contributed by atoms with E-state index in [1.54, 1.807) is 0 Å². The average Bonchev–Trinajstić information content (AvgIpc) is 3.18. The number of urea groups is 1. The number of aromatic nitrogens is 2. The lowest BCUT2D eigenvalue weighted by Crippen LogP contribution is -2.42. The van der Waals surface area contributed by atoms with Crippen molar-refractivity contribution in [3.63, 3.8) is 0 Å². The van der Waals surface area contributed by atoms with Crippen molar-refractivity contribution in [2.45, 2.75) is 19.9 Å². The Morgan fingerprint density at radius 3 is 3.18 bits per heavy atom. The normalized spacial score (nSPS) is 17.8. The maximum absolute atomic E-state index is 12.3. The fourth-order valence-electron chi connectivity index (χ4n) is 2.74. The van der Waals surface area contributed by atoms with Gasteiger partial charge in [-0.25, -0.2) is 9.78 Å². The largest absolute Gasteiger partial charge is 0.381 e. The van der Waals surface area contributed by atoms with Crippen molar-refractivity contribution in [3.05, 3.63) is 36.3 Å². The van der Waals surface area contributed by atoms with E-state index in [1.165, 1.54) is 0 Å². The third-order valence-electron chi connectivity index (χ3n) is 4.01. The van der Waals surface area contributed by atoms with E-state index in [4.69, 9.17) is 4.74 Å². The monoisotopic (exact) mass is 302 g/mol. The number of hydrogen-bond donors (Lipinski definition) is 1. The summed E-state index contributed by atoms with van der Waals surface area (Å²) in [5.74, 6) is 0.459. The minimum atomic E-state index is -0.0357. The van der Waals surface area contributed by atoms with Gasteiger partial charge in [-0.2, -0.15) is 0 Å². The Morgan fingerprint density at radius 2 is 2.45 bits per heavy atom. The van der Waals surface area contributed by atoms with Crippen molar-refractivity contribution in [3.8, 4) is 0 Å². The highest BCUT2D eigenvalue weighted by Gasteiger charge is 2.21. The van der Waals surface area contributed by atoms with Crippen LogP contribution in [0.2, 0.25) is 0 Å². The molecule has 0 radical (unpaired) electrons. The summed E-state index contributed by atoms with van der Waals surface area (Å²) in [5.41, 5.74) is 1.75. The van der Waals surface area contributed by atoms with E-state index in [0.717, 1.165) is 37.5 Å². The fraction of sp³-hybridized carbons (Fsp3) is 0.500. The molecule has 3 heterocycles. The van der Waals surface area contributed by atoms with Crippen LogP contribution in [0.4, 0.5) is 4.79 Å². The Morgan fingerprint density at radius 1 is 1.55 bits per heavy atom. The molecule has 3 rings (SSSR count). The predicted molar refractivity (Wildman–Crippen MR) is 83.6 cm³/mol. The van der Waals surface area contributed by atoms with Crippen molar-refractivity contribution in [1.82, 2.24) is 19.6 Å². The molecule has 1 aliphatic rings. The molecule has 0 bridgehead atoms. The zero-order chi connectivity index (χ0) is 15.4. The van der Waals surface area contributed by atoms with E-state index in [1.807, 2.05) is 46.8 Å². The van der Waals surface area contributed by atoms with Crippen LogP contribution in [0.25, 0.3) is 5.65 Å². The molecule has 1 atom stereocenters. The Balaban J connectivity index is 1.55. The van der Waals surface area contributed by atoms with Crippen LogP contribution in [0.1, 0.15) is 19.0 Å². The van der Waals surface area contributed by atoms with Gasteiger partial charge >= 0.3 is 6.03 Å². The summed E-state index contributed by atoms with van der Waals surface area (Å²) >= 11 is 0. The first-order valence-corrected chi connectivity index (χ1v) is 7.79. The number of rotatable bonds is 5. The zero-order valence-electron chi connectivity index (χ0n) is 12.9. The lowest BCUT2D eigenvalue weighted by atomic mass is 10.1. The first-order chi connectivity index (χ1) is 10.8. The number of carbonyl (C=O) groups excluding carboxylic acids is 1. The summed E-state index contributed by atoms with van der Waals surface area (Å²) in [5, 5.41) is 2.96. The molecule has 1 N–H and O–H groups in total. The summed E-state index contributed by atoms with van der Waals surface area (Å²) in [6, 6.07) is 5.82. The van der Waals surface area contributed by atoms with Crippen LogP contribution in [0.15, 0.2) is 30.6 Å². The maximum Gasteiger partial charge on any atom is 0.317 e. The van der Waals surface area contributed by atoms with Crippen molar-refractivity contribution in [2.24, 2.45) is 5.92 Å². The van der Waals surface area contributed by atoms with E-state index in [9.17, 15) is 4.79 Å². The molecule has 6 heteroatoms. The van der Waals surface area contributed by atoms with Crippen LogP contribution >= 0.6 is 0 Å². The lowest BCUT2D eigenvalue weighted by molar-refractivity contribution is 0.166. The molecule has 0 spiro atoms. The van der Waals surface area contributed by atoms with E-state index in [0.29, 0.717) is 19.0 Å². The molecule has 0 unspecified atom stereocenters. The number of ether oxygens (including phenoxy) is 1. The second-order valence-corrected chi connectivity index (χ2v) is 5.63. The summed E-state index contributed by atoms with van der Waals surface area (Å²) in [6.45, 7) is 5.47. The van der Waals surface area contributed by atoms with Gasteiger partial charge in [0, 0.05) is 38.0 Å². The van der Waals surface area contributed by atoms with Gasteiger partial charge in [-0.15, -0.1) is 0 Å². The topological polar surface area (TPSA) is 58.9 Å². The van der Waals surface area contributed by atoms with Gasteiger partial charge in [-0.3, -0.25) is 0 Å². The Labute approximate surface area is 130 Å². The Hall–Kier alpha value is -2.08. The molecule has 1 fully saturated rings. The van der Waals surface area contributed by atoms with Gasteiger partial charge in [0.2, 0.25) is 0 Å². The standard InChI is InChI=1S/C16H22N4O2/c1-2-19(10-13-6-8-22-12-13)16(21)17-9-14-11-20-7-4-3-5-15(20)18-14/h3-5,7,11,13H,2,6,8-10,12H2,1H3,(H,17,21)/t13-/m1/s1. The molecular formula is C16H22N4O2. The second-order valence-electron chi connectivity index (χ2n) is 5.63. The third kappa shape index (κ3) is 3.39. The van der Waals surface area contributed by atoms with Gasteiger partial charge in [-0.05, 0) is 25.5 Å². The van der Waals surface area contributed by atoms with Crippen LogP contribution in [0.3, 0.4) is 0 Å². The number of nitrogens with one attached hydrogen (secondary N) is 1.